The van der Waals surface area contributed by atoms with Crippen LogP contribution in [-0.2, 0) is 6.54 Å². The lowest BCUT2D eigenvalue weighted by Crippen LogP contribution is -2.32. The number of H-pyrrole nitrogens is 1. The molecule has 0 radical (unpaired) electrons. The van der Waals surface area contributed by atoms with Crippen LogP contribution < -0.4 is 0 Å². The number of imidazole rings is 1. The molecule has 0 aliphatic rings. The molecule has 0 aliphatic carbocycles. The largest absolute Gasteiger partial charge is 0.331 e. The van der Waals surface area contributed by atoms with Crippen LogP contribution in [0.5, 0.6) is 0 Å². The Hall–Kier alpha value is -0.400. The molecule has 0 saturated carbocycles. The number of benzene rings is 1. The number of hydrogen-bond donors (Lipinski definition) is 1. The van der Waals surface area contributed by atoms with Crippen molar-refractivity contribution < 1.29 is 0 Å². The highest BCUT2D eigenvalue weighted by Gasteiger charge is 2.21. The third kappa shape index (κ3) is 3.58. The average Bonchev–Trinajstić information content (AvgIpc) is 2.52. The van der Waals surface area contributed by atoms with E-state index >= 15 is 0 Å². The molecule has 0 unspecified atom stereocenters. The first-order valence-corrected chi connectivity index (χ1v) is 7.80. The van der Waals surface area contributed by atoms with E-state index in [1.807, 2.05) is 0 Å². The molecule has 1 aromatic heterocycles. The van der Waals surface area contributed by atoms with Crippen LogP contribution in [-0.4, -0.2) is 35.1 Å². The zero-order valence-electron chi connectivity index (χ0n) is 11.8. The minimum Gasteiger partial charge on any atom is -0.331 e. The maximum atomic E-state index is 5.47. The summed E-state index contributed by atoms with van der Waals surface area (Å²) in [5.41, 5.74) is 2.50. The zero-order chi connectivity index (χ0) is 14.2. The fraction of sp³-hybridized carbons (Fsp3) is 0.500. The van der Waals surface area contributed by atoms with Gasteiger partial charge >= 0.3 is 0 Å². The number of fused-ring (bicyclic) bond motifs is 1. The monoisotopic (exact) mass is 389 g/mol. The maximum absolute atomic E-state index is 5.47. The van der Waals surface area contributed by atoms with Crippen LogP contribution in [0.2, 0.25) is 0 Å². The van der Waals surface area contributed by atoms with Gasteiger partial charge in [-0.25, -0.2) is 0 Å². The third-order valence-electron chi connectivity index (χ3n) is 3.07. The SMILES string of the molecule is CN(C)CC(C)(C)Cn1c(=S)[nH]c2cc(I)ccc21. The predicted molar refractivity (Wildman–Crippen MR) is 92.2 cm³/mol. The van der Waals surface area contributed by atoms with Crippen molar-refractivity contribution >= 4 is 45.8 Å². The lowest BCUT2D eigenvalue weighted by molar-refractivity contribution is 0.212. The van der Waals surface area contributed by atoms with Gasteiger partial charge in [0.25, 0.3) is 0 Å². The van der Waals surface area contributed by atoms with E-state index in [1.165, 1.54) is 9.09 Å². The number of aromatic amines is 1. The molecular formula is C14H20IN3S. The Morgan fingerprint density at radius 3 is 2.68 bits per heavy atom. The lowest BCUT2D eigenvalue weighted by Gasteiger charge is -2.28. The van der Waals surface area contributed by atoms with Crippen LogP contribution in [0, 0.1) is 13.8 Å². The topological polar surface area (TPSA) is 24.0 Å². The third-order valence-corrected chi connectivity index (χ3v) is 4.06. The summed E-state index contributed by atoms with van der Waals surface area (Å²) in [6.45, 7) is 6.51. The van der Waals surface area contributed by atoms with Gasteiger partial charge in [0.2, 0.25) is 0 Å². The van der Waals surface area contributed by atoms with Gasteiger partial charge in [-0.2, -0.15) is 0 Å². The molecule has 0 spiro atoms. The summed E-state index contributed by atoms with van der Waals surface area (Å²) in [6, 6.07) is 6.41. The normalized spacial score (nSPS) is 12.5. The molecule has 0 bridgehead atoms. The summed E-state index contributed by atoms with van der Waals surface area (Å²) >= 11 is 7.79. The Bertz CT molecular complexity index is 640. The van der Waals surface area contributed by atoms with Crippen molar-refractivity contribution in [3.05, 3.63) is 26.5 Å². The van der Waals surface area contributed by atoms with Crippen LogP contribution in [0.3, 0.4) is 0 Å². The second-order valence-electron chi connectivity index (χ2n) is 6.08. The van der Waals surface area contributed by atoms with Crippen LogP contribution in [0.1, 0.15) is 13.8 Å². The first-order valence-electron chi connectivity index (χ1n) is 6.31. The highest BCUT2D eigenvalue weighted by molar-refractivity contribution is 14.1. The van der Waals surface area contributed by atoms with E-state index in [4.69, 9.17) is 12.2 Å². The minimum absolute atomic E-state index is 0.180. The Kier molecular flexibility index (Phi) is 4.37. The van der Waals surface area contributed by atoms with Gasteiger partial charge in [0.1, 0.15) is 0 Å². The Morgan fingerprint density at radius 2 is 2.05 bits per heavy atom. The number of rotatable bonds is 4. The summed E-state index contributed by atoms with van der Waals surface area (Å²) in [5.74, 6) is 0. The molecule has 19 heavy (non-hydrogen) atoms. The lowest BCUT2D eigenvalue weighted by atomic mass is 9.93. The van der Waals surface area contributed by atoms with Crippen molar-refractivity contribution in [2.75, 3.05) is 20.6 Å². The molecule has 104 valence electrons. The summed E-state index contributed by atoms with van der Waals surface area (Å²) in [4.78, 5) is 5.53. The van der Waals surface area contributed by atoms with Gasteiger partial charge in [-0.3, -0.25) is 0 Å². The van der Waals surface area contributed by atoms with Gasteiger partial charge in [0.05, 0.1) is 11.0 Å². The Labute approximate surface area is 133 Å². The summed E-state index contributed by atoms with van der Waals surface area (Å²) in [7, 11) is 4.22. The summed E-state index contributed by atoms with van der Waals surface area (Å²) in [6.07, 6.45) is 0. The Morgan fingerprint density at radius 1 is 1.37 bits per heavy atom. The van der Waals surface area contributed by atoms with Gasteiger partial charge in [-0.1, -0.05) is 13.8 Å². The number of nitrogens with one attached hydrogen (secondary N) is 1. The summed E-state index contributed by atoms with van der Waals surface area (Å²) in [5, 5.41) is 0. The number of hydrogen-bond acceptors (Lipinski definition) is 2. The molecule has 0 saturated heterocycles. The van der Waals surface area contributed by atoms with Crippen molar-refractivity contribution in [3.63, 3.8) is 0 Å². The molecule has 0 fully saturated rings. The van der Waals surface area contributed by atoms with Crippen molar-refractivity contribution in [3.8, 4) is 0 Å². The van der Waals surface area contributed by atoms with E-state index in [9.17, 15) is 0 Å². The van der Waals surface area contributed by atoms with Gasteiger partial charge in [0.15, 0.2) is 4.77 Å². The number of halogens is 1. The van der Waals surface area contributed by atoms with E-state index in [2.05, 4.69) is 83.2 Å². The summed E-state index contributed by atoms with van der Waals surface area (Å²) < 4.78 is 4.24. The van der Waals surface area contributed by atoms with Crippen LogP contribution >= 0.6 is 34.8 Å². The van der Waals surface area contributed by atoms with Gasteiger partial charge < -0.3 is 14.5 Å². The van der Waals surface area contributed by atoms with E-state index in [0.29, 0.717) is 0 Å². The molecule has 2 rings (SSSR count). The number of nitrogens with zero attached hydrogens (tertiary/aromatic N) is 2. The van der Waals surface area contributed by atoms with Gasteiger partial charge in [-0.05, 0) is 72.5 Å². The van der Waals surface area contributed by atoms with E-state index in [0.717, 1.165) is 23.4 Å². The average molecular weight is 389 g/mol. The molecule has 1 aromatic carbocycles. The predicted octanol–water partition coefficient (Wildman–Crippen LogP) is 3.89. The molecule has 0 amide bonds. The fourth-order valence-corrected chi connectivity index (χ4v) is 3.39. The van der Waals surface area contributed by atoms with Crippen molar-refractivity contribution in [2.45, 2.75) is 20.4 Å². The first-order chi connectivity index (χ1) is 8.78. The first kappa shape index (κ1) is 15.0. The van der Waals surface area contributed by atoms with Crippen molar-refractivity contribution in [2.24, 2.45) is 5.41 Å². The molecule has 0 atom stereocenters. The molecular weight excluding hydrogens is 369 g/mol. The molecule has 5 heteroatoms. The van der Waals surface area contributed by atoms with Crippen LogP contribution in [0.4, 0.5) is 0 Å². The smallest absolute Gasteiger partial charge is 0.178 e. The Balaban J connectivity index is 2.40. The highest BCUT2D eigenvalue weighted by Crippen LogP contribution is 2.24. The van der Waals surface area contributed by atoms with Crippen molar-refractivity contribution in [1.82, 2.24) is 14.5 Å². The minimum atomic E-state index is 0.180. The molecule has 1 N–H and O–H groups in total. The van der Waals surface area contributed by atoms with Crippen molar-refractivity contribution in [1.29, 1.82) is 0 Å². The second kappa shape index (κ2) is 5.54. The second-order valence-corrected chi connectivity index (χ2v) is 7.71. The molecule has 3 nitrogen and oxygen atoms in total. The van der Waals surface area contributed by atoms with Crippen LogP contribution in [0.15, 0.2) is 18.2 Å². The molecule has 1 heterocycles. The quantitative estimate of drug-likeness (QED) is 0.634. The van der Waals surface area contributed by atoms with E-state index in [-0.39, 0.29) is 5.41 Å². The van der Waals surface area contributed by atoms with Crippen LogP contribution in [0.25, 0.3) is 11.0 Å². The fourth-order valence-electron chi connectivity index (χ4n) is 2.63. The molecule has 0 aliphatic heterocycles. The van der Waals surface area contributed by atoms with E-state index in [1.54, 1.807) is 0 Å². The maximum Gasteiger partial charge on any atom is 0.178 e. The standard InChI is InChI=1S/C14H20IN3S/c1-14(2,8-17(3)4)9-18-12-6-5-10(15)7-11(12)16-13(18)19/h5-7H,8-9H2,1-4H3,(H,16,19). The zero-order valence-corrected chi connectivity index (χ0v) is 14.8. The van der Waals surface area contributed by atoms with Gasteiger partial charge in [-0.15, -0.1) is 0 Å². The van der Waals surface area contributed by atoms with Gasteiger partial charge in [0, 0.05) is 16.7 Å². The van der Waals surface area contributed by atoms with E-state index < -0.39 is 0 Å². The molecule has 2 aromatic rings. The highest BCUT2D eigenvalue weighted by atomic mass is 127. The number of aromatic nitrogens is 2.